The molecular formula is C22H22N2O2. The van der Waals surface area contributed by atoms with Gasteiger partial charge in [-0.05, 0) is 31.7 Å². The van der Waals surface area contributed by atoms with E-state index in [1.807, 2.05) is 31.2 Å². The maximum atomic E-state index is 5.98. The van der Waals surface area contributed by atoms with E-state index in [9.17, 15) is 0 Å². The first-order valence-electron chi connectivity index (χ1n) is 9.11. The van der Waals surface area contributed by atoms with Crippen molar-refractivity contribution in [3.8, 4) is 0 Å². The number of allylic oxidation sites excluding steroid dienone is 8. The van der Waals surface area contributed by atoms with E-state index in [1.54, 1.807) is 0 Å². The van der Waals surface area contributed by atoms with Gasteiger partial charge in [0.2, 0.25) is 11.8 Å². The molecule has 26 heavy (non-hydrogen) atoms. The topological polar surface area (TPSA) is 52.1 Å². The molecule has 0 radical (unpaired) electrons. The van der Waals surface area contributed by atoms with Crippen molar-refractivity contribution in [2.75, 3.05) is 0 Å². The average molecular weight is 346 g/mol. The molecule has 0 N–H and O–H groups in total. The van der Waals surface area contributed by atoms with Crippen LogP contribution in [-0.2, 0) is 0 Å². The maximum Gasteiger partial charge on any atom is 0.226 e. The molecule has 1 aromatic carbocycles. The van der Waals surface area contributed by atoms with E-state index in [2.05, 4.69) is 48.1 Å². The maximum absolute atomic E-state index is 5.98. The van der Waals surface area contributed by atoms with Crippen molar-refractivity contribution in [2.24, 2.45) is 5.92 Å². The molecule has 132 valence electrons. The Bertz CT molecular complexity index is 972. The molecule has 0 aliphatic heterocycles. The number of benzene rings is 1. The number of aromatic nitrogens is 2. The van der Waals surface area contributed by atoms with Gasteiger partial charge in [0.25, 0.3) is 0 Å². The van der Waals surface area contributed by atoms with E-state index in [0.29, 0.717) is 23.3 Å². The fourth-order valence-electron chi connectivity index (χ4n) is 3.21. The van der Waals surface area contributed by atoms with Gasteiger partial charge in [-0.2, -0.15) is 0 Å². The molecule has 1 aliphatic carbocycles. The predicted molar refractivity (Wildman–Crippen MR) is 106 cm³/mol. The number of nitrogens with zero attached hydrogens (tertiary/aromatic N) is 2. The van der Waals surface area contributed by atoms with Gasteiger partial charge in [0, 0.05) is 17.2 Å². The Hall–Kier alpha value is -2.88. The van der Waals surface area contributed by atoms with Crippen LogP contribution in [0.1, 0.15) is 45.4 Å². The third kappa shape index (κ3) is 3.03. The molecule has 4 rings (SSSR count). The Morgan fingerprint density at radius 2 is 2.00 bits per heavy atom. The van der Waals surface area contributed by atoms with Crippen molar-refractivity contribution in [3.63, 3.8) is 0 Å². The summed E-state index contributed by atoms with van der Waals surface area (Å²) >= 11 is 0. The van der Waals surface area contributed by atoms with Crippen molar-refractivity contribution < 1.29 is 8.83 Å². The summed E-state index contributed by atoms with van der Waals surface area (Å²) in [4.78, 5) is 9.29. The molecule has 1 aliphatic rings. The van der Waals surface area contributed by atoms with Gasteiger partial charge in [-0.25, -0.2) is 9.97 Å². The fraction of sp³-hybridized carbons (Fsp3) is 0.273. The number of oxazole rings is 2. The van der Waals surface area contributed by atoms with Crippen LogP contribution in [0.2, 0.25) is 0 Å². The highest BCUT2D eigenvalue weighted by Gasteiger charge is 2.16. The van der Waals surface area contributed by atoms with Gasteiger partial charge >= 0.3 is 0 Å². The summed E-state index contributed by atoms with van der Waals surface area (Å²) in [6.45, 7) is 6.27. The van der Waals surface area contributed by atoms with Crippen molar-refractivity contribution in [3.05, 3.63) is 60.4 Å². The third-order valence-electron chi connectivity index (χ3n) is 4.43. The average Bonchev–Trinajstić information content (AvgIpc) is 3.22. The summed E-state index contributed by atoms with van der Waals surface area (Å²) < 4.78 is 11.9. The Kier molecular flexibility index (Phi) is 4.33. The Labute approximate surface area is 152 Å². The zero-order chi connectivity index (χ0) is 18.1. The highest BCUT2D eigenvalue weighted by atomic mass is 16.4. The van der Waals surface area contributed by atoms with E-state index < -0.39 is 0 Å². The first-order chi connectivity index (χ1) is 12.7. The first kappa shape index (κ1) is 16.6. The summed E-state index contributed by atoms with van der Waals surface area (Å²) in [5.74, 6) is 1.77. The Morgan fingerprint density at radius 3 is 2.77 bits per heavy atom. The van der Waals surface area contributed by atoms with Gasteiger partial charge in [-0.1, -0.05) is 50.3 Å². The van der Waals surface area contributed by atoms with Gasteiger partial charge in [-0.3, -0.25) is 0 Å². The lowest BCUT2D eigenvalue weighted by molar-refractivity contribution is 0.574. The van der Waals surface area contributed by atoms with Crippen LogP contribution >= 0.6 is 0 Å². The van der Waals surface area contributed by atoms with E-state index in [4.69, 9.17) is 8.83 Å². The molecule has 0 bridgehead atoms. The number of fused-ring (bicyclic) bond motifs is 2. The molecule has 0 saturated carbocycles. The normalized spacial score (nSPS) is 18.3. The summed E-state index contributed by atoms with van der Waals surface area (Å²) in [5, 5.41) is 0. The molecule has 2 heterocycles. The molecule has 0 spiro atoms. The third-order valence-corrected chi connectivity index (χ3v) is 4.43. The van der Waals surface area contributed by atoms with Gasteiger partial charge in [0.1, 0.15) is 11.0 Å². The fourth-order valence-corrected chi connectivity index (χ4v) is 3.21. The molecule has 3 aromatic rings. The lowest BCUT2D eigenvalue weighted by Gasteiger charge is -2.08. The molecule has 0 fully saturated rings. The largest absolute Gasteiger partial charge is 0.436 e. The summed E-state index contributed by atoms with van der Waals surface area (Å²) in [6, 6.07) is 3.81. The quantitative estimate of drug-likeness (QED) is 0.519. The zero-order valence-electron chi connectivity index (χ0n) is 15.3. The van der Waals surface area contributed by atoms with Gasteiger partial charge in [-0.15, -0.1) is 0 Å². The van der Waals surface area contributed by atoms with Crippen LogP contribution in [0.4, 0.5) is 0 Å². The molecule has 0 saturated heterocycles. The summed E-state index contributed by atoms with van der Waals surface area (Å²) in [7, 11) is 0. The van der Waals surface area contributed by atoms with E-state index in [-0.39, 0.29) is 0 Å². The van der Waals surface area contributed by atoms with Crippen LogP contribution in [0.25, 0.3) is 33.3 Å². The number of rotatable bonds is 4. The van der Waals surface area contributed by atoms with Crippen molar-refractivity contribution in [1.82, 2.24) is 9.97 Å². The predicted octanol–water partition coefficient (Wildman–Crippen LogP) is 6.32. The van der Waals surface area contributed by atoms with Crippen LogP contribution in [0.15, 0.2) is 57.4 Å². The molecule has 2 aromatic heterocycles. The van der Waals surface area contributed by atoms with Gasteiger partial charge in [0.05, 0.1) is 0 Å². The van der Waals surface area contributed by atoms with E-state index in [0.717, 1.165) is 40.6 Å². The minimum absolute atomic E-state index is 0.501. The smallest absolute Gasteiger partial charge is 0.226 e. The molecule has 1 unspecified atom stereocenters. The minimum Gasteiger partial charge on any atom is -0.436 e. The Balaban J connectivity index is 1.77. The first-order valence-corrected chi connectivity index (χ1v) is 9.11. The van der Waals surface area contributed by atoms with Crippen molar-refractivity contribution in [2.45, 2.75) is 33.6 Å². The molecular weight excluding hydrogens is 324 g/mol. The molecule has 0 amide bonds. The van der Waals surface area contributed by atoms with Gasteiger partial charge < -0.3 is 8.83 Å². The van der Waals surface area contributed by atoms with Crippen LogP contribution < -0.4 is 0 Å². The van der Waals surface area contributed by atoms with Crippen LogP contribution in [0.3, 0.4) is 0 Å². The standard InChI is InChI=1S/C22H22N2O2/c1-4-7-15(8-5-2)21-23-17-12-18-20(13-19(17)25-21)26-22(24-18)16-10-6-9-14(3)11-16/h4,6-8,10-14H,5,9H2,1-3H3/b7-4-,15-8+. The molecule has 4 heteroatoms. The summed E-state index contributed by atoms with van der Waals surface area (Å²) in [6.07, 6.45) is 14.5. The number of hydrogen-bond donors (Lipinski definition) is 0. The monoisotopic (exact) mass is 346 g/mol. The Morgan fingerprint density at radius 1 is 1.19 bits per heavy atom. The number of hydrogen-bond acceptors (Lipinski definition) is 4. The SMILES string of the molecule is C/C=C\C(=C/CC)c1nc2cc3nc(C4=CC(C)CC=C4)oc3cc2o1. The molecule has 4 nitrogen and oxygen atoms in total. The minimum atomic E-state index is 0.501. The molecule has 1 atom stereocenters. The van der Waals surface area contributed by atoms with Crippen molar-refractivity contribution in [1.29, 1.82) is 0 Å². The van der Waals surface area contributed by atoms with Crippen molar-refractivity contribution >= 4 is 33.3 Å². The van der Waals surface area contributed by atoms with Gasteiger partial charge in [0.15, 0.2) is 11.2 Å². The lowest BCUT2D eigenvalue weighted by Crippen LogP contribution is -1.94. The second-order valence-electron chi connectivity index (χ2n) is 6.63. The summed E-state index contributed by atoms with van der Waals surface area (Å²) in [5.41, 5.74) is 5.04. The van der Waals surface area contributed by atoms with Crippen LogP contribution in [0, 0.1) is 5.92 Å². The van der Waals surface area contributed by atoms with Crippen LogP contribution in [-0.4, -0.2) is 9.97 Å². The zero-order valence-corrected chi connectivity index (χ0v) is 15.3. The second-order valence-corrected chi connectivity index (χ2v) is 6.63. The highest BCUT2D eigenvalue weighted by molar-refractivity contribution is 5.91. The van der Waals surface area contributed by atoms with E-state index >= 15 is 0 Å². The second kappa shape index (κ2) is 6.79. The van der Waals surface area contributed by atoms with E-state index in [1.165, 1.54) is 0 Å². The lowest BCUT2D eigenvalue weighted by atomic mass is 9.98. The highest BCUT2D eigenvalue weighted by Crippen LogP contribution is 2.30. The van der Waals surface area contributed by atoms with Crippen LogP contribution in [0.5, 0.6) is 0 Å².